The monoisotopic (exact) mass is 176 g/mol. The normalized spacial score (nSPS) is 9.42. The zero-order valence-corrected chi connectivity index (χ0v) is 6.91. The van der Waals surface area contributed by atoms with Crippen molar-refractivity contribution >= 4 is 11.9 Å². The molecule has 0 aromatic heterocycles. The SMILES string of the molecule is COC(=O)CCOCCC(=O)O. The van der Waals surface area contributed by atoms with Gasteiger partial charge in [0.05, 0.1) is 33.2 Å². The first-order valence-corrected chi connectivity index (χ1v) is 3.53. The lowest BCUT2D eigenvalue weighted by Crippen LogP contribution is -2.08. The third kappa shape index (κ3) is 7.01. The third-order valence-corrected chi connectivity index (χ3v) is 1.14. The molecule has 0 bridgehead atoms. The number of esters is 1. The average Bonchev–Trinajstić information content (AvgIpc) is 2.03. The molecular weight excluding hydrogens is 164 g/mol. The Hall–Kier alpha value is -1.10. The highest BCUT2D eigenvalue weighted by molar-refractivity contribution is 5.69. The molecule has 0 heterocycles. The number of hydrogen-bond donors (Lipinski definition) is 1. The van der Waals surface area contributed by atoms with Gasteiger partial charge >= 0.3 is 11.9 Å². The highest BCUT2D eigenvalue weighted by atomic mass is 16.5. The molecule has 5 heteroatoms. The Kier molecular flexibility index (Phi) is 6.00. The van der Waals surface area contributed by atoms with Crippen LogP contribution in [0.4, 0.5) is 0 Å². The topological polar surface area (TPSA) is 72.8 Å². The van der Waals surface area contributed by atoms with Gasteiger partial charge in [-0.15, -0.1) is 0 Å². The van der Waals surface area contributed by atoms with Crippen LogP contribution in [0.1, 0.15) is 12.8 Å². The smallest absolute Gasteiger partial charge is 0.307 e. The van der Waals surface area contributed by atoms with Crippen LogP contribution in [-0.2, 0) is 19.1 Å². The van der Waals surface area contributed by atoms with Crippen molar-refractivity contribution < 1.29 is 24.2 Å². The van der Waals surface area contributed by atoms with Gasteiger partial charge in [0.1, 0.15) is 0 Å². The maximum Gasteiger partial charge on any atom is 0.307 e. The summed E-state index contributed by atoms with van der Waals surface area (Å²) in [7, 11) is 1.29. The van der Waals surface area contributed by atoms with Crippen molar-refractivity contribution in [1.29, 1.82) is 0 Å². The zero-order valence-electron chi connectivity index (χ0n) is 6.91. The Labute approximate surface area is 70.3 Å². The summed E-state index contributed by atoms with van der Waals surface area (Å²) in [4.78, 5) is 20.5. The quantitative estimate of drug-likeness (QED) is 0.457. The molecule has 5 nitrogen and oxygen atoms in total. The molecule has 0 unspecified atom stereocenters. The highest BCUT2D eigenvalue weighted by Crippen LogP contribution is 1.88. The van der Waals surface area contributed by atoms with E-state index in [0.29, 0.717) is 0 Å². The lowest BCUT2D eigenvalue weighted by molar-refractivity contribution is -0.141. The van der Waals surface area contributed by atoms with Gasteiger partial charge in [-0.3, -0.25) is 9.59 Å². The van der Waals surface area contributed by atoms with E-state index in [4.69, 9.17) is 9.84 Å². The predicted molar refractivity (Wildman–Crippen MR) is 39.7 cm³/mol. The fourth-order valence-corrected chi connectivity index (χ4v) is 0.519. The van der Waals surface area contributed by atoms with Crippen LogP contribution in [0.5, 0.6) is 0 Å². The summed E-state index contributed by atoms with van der Waals surface area (Å²) in [5.41, 5.74) is 0. The maximum atomic E-state index is 10.5. The molecule has 12 heavy (non-hydrogen) atoms. The molecule has 0 aromatic rings. The van der Waals surface area contributed by atoms with Crippen molar-refractivity contribution in [3.05, 3.63) is 0 Å². The molecule has 0 spiro atoms. The van der Waals surface area contributed by atoms with Crippen molar-refractivity contribution in [3.8, 4) is 0 Å². The van der Waals surface area contributed by atoms with E-state index in [1.807, 2.05) is 0 Å². The van der Waals surface area contributed by atoms with Gasteiger partial charge < -0.3 is 14.6 Å². The Morgan fingerprint density at radius 2 is 1.83 bits per heavy atom. The van der Waals surface area contributed by atoms with Crippen molar-refractivity contribution in [2.45, 2.75) is 12.8 Å². The van der Waals surface area contributed by atoms with Gasteiger partial charge in [0.25, 0.3) is 0 Å². The van der Waals surface area contributed by atoms with E-state index in [-0.39, 0.29) is 32.0 Å². The van der Waals surface area contributed by atoms with Crippen LogP contribution < -0.4 is 0 Å². The van der Waals surface area contributed by atoms with E-state index in [0.717, 1.165) is 0 Å². The van der Waals surface area contributed by atoms with Crippen LogP contribution in [0.15, 0.2) is 0 Å². The average molecular weight is 176 g/mol. The first kappa shape index (κ1) is 10.9. The Bertz CT molecular complexity index is 154. The number of rotatable bonds is 6. The summed E-state index contributed by atoms with van der Waals surface area (Å²) in [6.07, 6.45) is 0.122. The highest BCUT2D eigenvalue weighted by Gasteiger charge is 2.00. The second kappa shape index (κ2) is 6.60. The Morgan fingerprint density at radius 3 is 2.33 bits per heavy atom. The van der Waals surface area contributed by atoms with Crippen LogP contribution in [0.2, 0.25) is 0 Å². The molecule has 0 saturated carbocycles. The minimum Gasteiger partial charge on any atom is -0.481 e. The summed E-state index contributed by atoms with van der Waals surface area (Å²) < 4.78 is 9.18. The van der Waals surface area contributed by atoms with Crippen molar-refractivity contribution in [2.75, 3.05) is 20.3 Å². The number of carboxylic acid groups (broad SMARTS) is 1. The van der Waals surface area contributed by atoms with Gasteiger partial charge in [0.15, 0.2) is 0 Å². The van der Waals surface area contributed by atoms with E-state index in [9.17, 15) is 9.59 Å². The number of carboxylic acids is 1. The molecule has 0 radical (unpaired) electrons. The molecule has 0 saturated heterocycles. The molecule has 0 fully saturated rings. The van der Waals surface area contributed by atoms with Gasteiger partial charge in [0.2, 0.25) is 0 Å². The Morgan fingerprint density at radius 1 is 1.25 bits per heavy atom. The third-order valence-electron chi connectivity index (χ3n) is 1.14. The van der Waals surface area contributed by atoms with Crippen LogP contribution >= 0.6 is 0 Å². The summed E-state index contributed by atoms with van der Waals surface area (Å²) in [5.74, 6) is -1.27. The van der Waals surface area contributed by atoms with Crippen molar-refractivity contribution in [3.63, 3.8) is 0 Å². The van der Waals surface area contributed by atoms with Crippen LogP contribution in [0, 0.1) is 0 Å². The lowest BCUT2D eigenvalue weighted by Gasteiger charge is -2.00. The number of methoxy groups -OCH3 is 1. The van der Waals surface area contributed by atoms with Gasteiger partial charge in [0, 0.05) is 0 Å². The molecule has 0 aliphatic carbocycles. The summed E-state index contributed by atoms with van der Waals surface area (Å²) in [5, 5.41) is 8.20. The lowest BCUT2D eigenvalue weighted by atomic mass is 10.4. The summed E-state index contributed by atoms with van der Waals surface area (Å²) in [6.45, 7) is 0.340. The van der Waals surface area contributed by atoms with Crippen LogP contribution in [-0.4, -0.2) is 37.4 Å². The summed E-state index contributed by atoms with van der Waals surface area (Å²) >= 11 is 0. The van der Waals surface area contributed by atoms with Gasteiger partial charge in [-0.1, -0.05) is 0 Å². The van der Waals surface area contributed by atoms with Crippen LogP contribution in [0.25, 0.3) is 0 Å². The predicted octanol–water partition coefficient (Wildman–Crippen LogP) is 0.0408. The fourth-order valence-electron chi connectivity index (χ4n) is 0.519. The standard InChI is InChI=1S/C7H12O5/c1-11-7(10)3-5-12-4-2-6(8)9/h2-5H2,1H3,(H,8,9). The fraction of sp³-hybridized carbons (Fsp3) is 0.714. The molecule has 0 aromatic carbocycles. The van der Waals surface area contributed by atoms with Crippen molar-refractivity contribution in [1.82, 2.24) is 0 Å². The first-order chi connectivity index (χ1) is 5.66. The molecule has 0 aliphatic rings. The molecule has 0 rings (SSSR count). The van der Waals surface area contributed by atoms with E-state index < -0.39 is 5.97 Å². The van der Waals surface area contributed by atoms with Crippen molar-refractivity contribution in [2.24, 2.45) is 0 Å². The largest absolute Gasteiger partial charge is 0.481 e. The number of ether oxygens (including phenoxy) is 2. The van der Waals surface area contributed by atoms with E-state index in [1.165, 1.54) is 7.11 Å². The zero-order chi connectivity index (χ0) is 9.40. The van der Waals surface area contributed by atoms with E-state index >= 15 is 0 Å². The molecule has 0 amide bonds. The molecular formula is C7H12O5. The molecule has 70 valence electrons. The minimum absolute atomic E-state index is 0.0405. The number of carbonyl (C=O) groups is 2. The van der Waals surface area contributed by atoms with Gasteiger partial charge in [-0.25, -0.2) is 0 Å². The number of aliphatic carboxylic acids is 1. The second-order valence-corrected chi connectivity index (χ2v) is 2.08. The summed E-state index contributed by atoms with van der Waals surface area (Å²) in [6, 6.07) is 0. The molecule has 0 aliphatic heterocycles. The second-order valence-electron chi connectivity index (χ2n) is 2.08. The first-order valence-electron chi connectivity index (χ1n) is 3.53. The van der Waals surface area contributed by atoms with Gasteiger partial charge in [-0.2, -0.15) is 0 Å². The van der Waals surface area contributed by atoms with Crippen LogP contribution in [0.3, 0.4) is 0 Å². The number of hydrogen-bond acceptors (Lipinski definition) is 4. The van der Waals surface area contributed by atoms with E-state index in [1.54, 1.807) is 0 Å². The molecule has 1 N–H and O–H groups in total. The van der Waals surface area contributed by atoms with E-state index in [2.05, 4.69) is 4.74 Å². The minimum atomic E-state index is -0.909. The van der Waals surface area contributed by atoms with Gasteiger partial charge in [-0.05, 0) is 0 Å². The Balaban J connectivity index is 3.11. The maximum absolute atomic E-state index is 10.5. The molecule has 0 atom stereocenters. The number of carbonyl (C=O) groups excluding carboxylic acids is 1.